The first kappa shape index (κ1) is 18.1. The highest BCUT2D eigenvalue weighted by Gasteiger charge is 2.25. The molecule has 0 fully saturated rings. The molecule has 3 aromatic carbocycles. The Morgan fingerprint density at radius 3 is 1.93 bits per heavy atom. The Morgan fingerprint density at radius 1 is 0.786 bits per heavy atom. The van der Waals surface area contributed by atoms with Gasteiger partial charge in [-0.3, -0.25) is 0 Å². The molecule has 0 bridgehead atoms. The lowest BCUT2D eigenvalue weighted by Gasteiger charge is -2.19. The molecular formula is C23H21FN3O+. The van der Waals surface area contributed by atoms with Gasteiger partial charge in [-0.25, -0.2) is 4.39 Å². The van der Waals surface area contributed by atoms with Crippen LogP contribution in [0.1, 0.15) is 36.0 Å². The summed E-state index contributed by atoms with van der Waals surface area (Å²) in [5.74, 6) is 0.640. The van der Waals surface area contributed by atoms with Crippen LogP contribution in [0.2, 0.25) is 0 Å². The molecule has 1 aromatic heterocycles. The maximum absolute atomic E-state index is 13.1. The smallest absolute Gasteiger partial charge is 0.274 e. The quantitative estimate of drug-likeness (QED) is 0.548. The predicted molar refractivity (Wildman–Crippen MR) is 105 cm³/mol. The summed E-state index contributed by atoms with van der Waals surface area (Å²) in [5, 5.41) is 10.6. The van der Waals surface area contributed by atoms with Crippen LogP contribution in [0.4, 0.5) is 4.39 Å². The first-order chi connectivity index (χ1) is 13.7. The molecular weight excluding hydrogens is 353 g/mol. The van der Waals surface area contributed by atoms with Gasteiger partial charge in [0.25, 0.3) is 5.89 Å². The largest absolute Gasteiger partial charge is 0.415 e. The van der Waals surface area contributed by atoms with E-state index in [1.165, 1.54) is 23.3 Å². The molecule has 2 N–H and O–H groups in total. The van der Waals surface area contributed by atoms with E-state index in [0.717, 1.165) is 0 Å². The number of hydrogen-bond donors (Lipinski definition) is 1. The molecule has 0 aliphatic carbocycles. The molecule has 1 atom stereocenters. The summed E-state index contributed by atoms with van der Waals surface area (Å²) in [4.78, 5) is 0. The van der Waals surface area contributed by atoms with Crippen LogP contribution in [0, 0.1) is 5.82 Å². The van der Waals surface area contributed by atoms with Gasteiger partial charge in [-0.2, -0.15) is 0 Å². The SMILES string of the molecule is C[C@H]([NH2+]C(c1ccccc1)c1ccccc1)c1nnc(-c2ccc(F)cc2)o1. The zero-order valence-electron chi connectivity index (χ0n) is 15.5. The fourth-order valence-electron chi connectivity index (χ4n) is 3.23. The standard InChI is InChI=1S/C23H20FN3O/c1-16(22-26-27-23(28-22)19-12-14-20(24)15-13-19)25-21(17-8-4-2-5-9-17)18-10-6-3-7-11-18/h2-16,21,25H,1H3/p+1/t16-/m0/s1. The highest BCUT2D eigenvalue weighted by molar-refractivity contribution is 5.51. The molecule has 0 spiro atoms. The summed E-state index contributed by atoms with van der Waals surface area (Å²) in [6, 6.07) is 26.8. The molecule has 0 aliphatic heterocycles. The topological polar surface area (TPSA) is 55.5 Å². The number of halogens is 1. The molecule has 0 amide bonds. The van der Waals surface area contributed by atoms with E-state index >= 15 is 0 Å². The number of rotatable bonds is 6. The lowest BCUT2D eigenvalue weighted by Crippen LogP contribution is -2.86. The molecule has 140 valence electrons. The normalized spacial score (nSPS) is 12.2. The van der Waals surface area contributed by atoms with Crippen LogP contribution in [-0.4, -0.2) is 10.2 Å². The summed E-state index contributed by atoms with van der Waals surface area (Å²) in [7, 11) is 0. The van der Waals surface area contributed by atoms with Crippen molar-refractivity contribution in [1.82, 2.24) is 10.2 Å². The number of hydrogen-bond acceptors (Lipinski definition) is 3. The Kier molecular flexibility index (Phi) is 5.26. The van der Waals surface area contributed by atoms with Gasteiger partial charge in [0.1, 0.15) is 11.9 Å². The van der Waals surface area contributed by atoms with Crippen molar-refractivity contribution in [3.63, 3.8) is 0 Å². The van der Waals surface area contributed by atoms with E-state index < -0.39 is 0 Å². The Hall–Kier alpha value is -3.31. The highest BCUT2D eigenvalue weighted by Crippen LogP contribution is 2.22. The minimum atomic E-state index is -0.293. The van der Waals surface area contributed by atoms with Gasteiger partial charge in [-0.15, -0.1) is 10.2 Å². The molecule has 0 radical (unpaired) electrons. The lowest BCUT2D eigenvalue weighted by atomic mass is 9.98. The van der Waals surface area contributed by atoms with Crippen LogP contribution < -0.4 is 5.32 Å². The Morgan fingerprint density at radius 2 is 1.36 bits per heavy atom. The zero-order chi connectivity index (χ0) is 19.3. The van der Waals surface area contributed by atoms with E-state index in [9.17, 15) is 4.39 Å². The van der Waals surface area contributed by atoms with E-state index in [-0.39, 0.29) is 17.9 Å². The third kappa shape index (κ3) is 4.00. The van der Waals surface area contributed by atoms with Crippen LogP contribution in [0.3, 0.4) is 0 Å². The zero-order valence-corrected chi connectivity index (χ0v) is 15.5. The van der Waals surface area contributed by atoms with Gasteiger partial charge >= 0.3 is 0 Å². The molecule has 4 aromatic rings. The number of quaternary nitrogens is 1. The molecule has 4 rings (SSSR count). The van der Waals surface area contributed by atoms with Crippen molar-refractivity contribution in [3.05, 3.63) is 108 Å². The molecule has 0 saturated heterocycles. The monoisotopic (exact) mass is 374 g/mol. The fourth-order valence-corrected chi connectivity index (χ4v) is 3.23. The second-order valence-corrected chi connectivity index (χ2v) is 6.73. The fraction of sp³-hybridized carbons (Fsp3) is 0.130. The predicted octanol–water partition coefficient (Wildman–Crippen LogP) is 4.29. The molecule has 0 unspecified atom stereocenters. The maximum atomic E-state index is 13.1. The third-order valence-electron chi connectivity index (χ3n) is 4.72. The Labute approximate surface area is 163 Å². The van der Waals surface area contributed by atoms with E-state index in [1.807, 2.05) is 43.3 Å². The second kappa shape index (κ2) is 8.15. The van der Waals surface area contributed by atoms with Crippen molar-refractivity contribution in [2.24, 2.45) is 0 Å². The van der Waals surface area contributed by atoms with Crippen molar-refractivity contribution in [2.75, 3.05) is 0 Å². The summed E-state index contributed by atoms with van der Waals surface area (Å²) in [6.07, 6.45) is 0. The number of nitrogens with two attached hydrogens (primary N) is 1. The van der Waals surface area contributed by atoms with Gasteiger partial charge in [0.15, 0.2) is 6.04 Å². The first-order valence-corrected chi connectivity index (χ1v) is 9.25. The second-order valence-electron chi connectivity index (χ2n) is 6.73. The molecule has 5 heteroatoms. The van der Waals surface area contributed by atoms with Crippen molar-refractivity contribution in [1.29, 1.82) is 0 Å². The molecule has 28 heavy (non-hydrogen) atoms. The third-order valence-corrected chi connectivity index (χ3v) is 4.72. The van der Waals surface area contributed by atoms with Crippen LogP contribution in [0.25, 0.3) is 11.5 Å². The average Bonchev–Trinajstić information content (AvgIpc) is 3.24. The number of aromatic nitrogens is 2. The van der Waals surface area contributed by atoms with Crippen LogP contribution in [0.5, 0.6) is 0 Å². The minimum absolute atomic E-state index is 0.0490. The van der Waals surface area contributed by atoms with Crippen LogP contribution >= 0.6 is 0 Å². The van der Waals surface area contributed by atoms with Gasteiger partial charge in [0, 0.05) is 16.7 Å². The van der Waals surface area contributed by atoms with E-state index in [1.54, 1.807) is 12.1 Å². The lowest BCUT2D eigenvalue weighted by molar-refractivity contribution is -0.725. The molecule has 0 aliphatic rings. The van der Waals surface area contributed by atoms with E-state index in [2.05, 4.69) is 39.8 Å². The van der Waals surface area contributed by atoms with Gasteiger partial charge in [0.05, 0.1) is 0 Å². The summed E-state index contributed by atoms with van der Waals surface area (Å²) < 4.78 is 19.0. The van der Waals surface area contributed by atoms with Crippen molar-refractivity contribution in [3.8, 4) is 11.5 Å². The maximum Gasteiger partial charge on any atom is 0.274 e. The molecule has 0 saturated carbocycles. The Balaban J connectivity index is 1.58. The highest BCUT2D eigenvalue weighted by atomic mass is 19.1. The molecule has 4 nitrogen and oxygen atoms in total. The van der Waals surface area contributed by atoms with Crippen LogP contribution in [0.15, 0.2) is 89.3 Å². The summed E-state index contributed by atoms with van der Waals surface area (Å²) >= 11 is 0. The Bertz CT molecular complexity index is 977. The van der Waals surface area contributed by atoms with E-state index in [0.29, 0.717) is 17.3 Å². The van der Waals surface area contributed by atoms with Gasteiger partial charge < -0.3 is 9.73 Å². The van der Waals surface area contributed by atoms with Gasteiger partial charge in [-0.1, -0.05) is 60.7 Å². The van der Waals surface area contributed by atoms with Crippen LogP contribution in [-0.2, 0) is 0 Å². The average molecular weight is 374 g/mol. The van der Waals surface area contributed by atoms with Gasteiger partial charge in [0.2, 0.25) is 5.89 Å². The van der Waals surface area contributed by atoms with Crippen molar-refractivity contribution >= 4 is 0 Å². The summed E-state index contributed by atoms with van der Waals surface area (Å²) in [5.41, 5.74) is 3.12. The van der Waals surface area contributed by atoms with Gasteiger partial charge in [-0.05, 0) is 31.2 Å². The van der Waals surface area contributed by atoms with E-state index in [4.69, 9.17) is 4.42 Å². The number of benzene rings is 3. The number of nitrogens with zero attached hydrogens (tertiary/aromatic N) is 2. The van der Waals surface area contributed by atoms with Crippen molar-refractivity contribution in [2.45, 2.75) is 19.0 Å². The van der Waals surface area contributed by atoms with Crippen molar-refractivity contribution < 1.29 is 14.1 Å². The first-order valence-electron chi connectivity index (χ1n) is 9.25. The summed E-state index contributed by atoms with van der Waals surface area (Å²) in [6.45, 7) is 2.04. The minimum Gasteiger partial charge on any atom is -0.415 e. The molecule has 1 heterocycles.